The molecule has 0 unspecified atom stereocenters. The first-order valence-electron chi connectivity index (χ1n) is 3.67. The lowest BCUT2D eigenvalue weighted by molar-refractivity contribution is -0.385. The fourth-order valence-electron chi connectivity index (χ4n) is 0.995. The standard InChI is InChI=1S/C8H7BrClNO3/c1-14-8-3-6(9)5(4-10)2-7(8)11(12)13/h2-3H,4H2,1H3. The number of hydrogen-bond donors (Lipinski definition) is 0. The summed E-state index contributed by atoms with van der Waals surface area (Å²) in [5, 5.41) is 10.6. The van der Waals surface area contributed by atoms with E-state index in [1.165, 1.54) is 19.2 Å². The second-order valence-corrected chi connectivity index (χ2v) is 3.63. The van der Waals surface area contributed by atoms with Crippen LogP contribution in [0.25, 0.3) is 0 Å². The topological polar surface area (TPSA) is 52.4 Å². The van der Waals surface area contributed by atoms with Gasteiger partial charge in [-0.3, -0.25) is 10.1 Å². The van der Waals surface area contributed by atoms with Crippen LogP contribution in [0.5, 0.6) is 5.75 Å². The zero-order chi connectivity index (χ0) is 10.7. The zero-order valence-corrected chi connectivity index (χ0v) is 9.63. The number of ether oxygens (including phenoxy) is 1. The molecule has 0 fully saturated rings. The first-order chi connectivity index (χ1) is 6.60. The maximum atomic E-state index is 10.6. The summed E-state index contributed by atoms with van der Waals surface area (Å²) in [5.41, 5.74) is 0.588. The van der Waals surface area contributed by atoms with Crippen molar-refractivity contribution in [2.24, 2.45) is 0 Å². The van der Waals surface area contributed by atoms with Gasteiger partial charge in [-0.05, 0) is 5.56 Å². The molecule has 76 valence electrons. The summed E-state index contributed by atoms with van der Waals surface area (Å²) >= 11 is 8.86. The van der Waals surface area contributed by atoms with Crippen molar-refractivity contribution in [1.29, 1.82) is 0 Å². The smallest absolute Gasteiger partial charge is 0.311 e. The van der Waals surface area contributed by atoms with Crippen LogP contribution in [0.2, 0.25) is 0 Å². The lowest BCUT2D eigenvalue weighted by Gasteiger charge is -2.05. The number of nitro groups is 1. The Morgan fingerprint density at radius 3 is 2.71 bits per heavy atom. The fourth-order valence-corrected chi connectivity index (χ4v) is 1.84. The number of alkyl halides is 1. The Morgan fingerprint density at radius 2 is 2.29 bits per heavy atom. The van der Waals surface area contributed by atoms with Crippen LogP contribution < -0.4 is 4.74 Å². The van der Waals surface area contributed by atoms with Crippen molar-refractivity contribution < 1.29 is 9.66 Å². The molecule has 0 aliphatic heterocycles. The second kappa shape index (κ2) is 4.61. The van der Waals surface area contributed by atoms with Gasteiger partial charge in [-0.25, -0.2) is 0 Å². The predicted octanol–water partition coefficient (Wildman–Crippen LogP) is 3.10. The van der Waals surface area contributed by atoms with Crippen molar-refractivity contribution in [2.45, 2.75) is 5.88 Å². The molecule has 0 heterocycles. The molecule has 0 N–H and O–H groups in total. The van der Waals surface area contributed by atoms with Crippen LogP contribution in [0.15, 0.2) is 16.6 Å². The Hall–Kier alpha value is -0.810. The van der Waals surface area contributed by atoms with Crippen molar-refractivity contribution in [2.75, 3.05) is 7.11 Å². The van der Waals surface area contributed by atoms with E-state index >= 15 is 0 Å². The molecule has 1 aromatic carbocycles. The molecule has 0 atom stereocenters. The number of halogens is 2. The summed E-state index contributed by atoms with van der Waals surface area (Å²) in [6.07, 6.45) is 0. The van der Waals surface area contributed by atoms with Gasteiger partial charge in [0.2, 0.25) is 0 Å². The number of methoxy groups -OCH3 is 1. The summed E-state index contributed by atoms with van der Waals surface area (Å²) in [6, 6.07) is 2.94. The fraction of sp³-hybridized carbons (Fsp3) is 0.250. The Morgan fingerprint density at radius 1 is 1.64 bits per heavy atom. The number of nitro benzene ring substituents is 1. The number of benzene rings is 1. The van der Waals surface area contributed by atoms with E-state index in [0.717, 1.165) is 0 Å². The molecule has 1 rings (SSSR count). The van der Waals surface area contributed by atoms with E-state index in [4.69, 9.17) is 16.3 Å². The highest BCUT2D eigenvalue weighted by Crippen LogP contribution is 2.33. The van der Waals surface area contributed by atoms with E-state index in [1.807, 2.05) is 0 Å². The van der Waals surface area contributed by atoms with Crippen LogP contribution in [0.1, 0.15) is 5.56 Å². The summed E-state index contributed by atoms with van der Waals surface area (Å²) in [5.74, 6) is 0.432. The van der Waals surface area contributed by atoms with Gasteiger partial charge in [-0.1, -0.05) is 15.9 Å². The van der Waals surface area contributed by atoms with Gasteiger partial charge in [0.15, 0.2) is 5.75 Å². The maximum absolute atomic E-state index is 10.6. The first kappa shape index (κ1) is 11.3. The highest BCUT2D eigenvalue weighted by molar-refractivity contribution is 9.10. The van der Waals surface area contributed by atoms with E-state index < -0.39 is 4.92 Å². The van der Waals surface area contributed by atoms with Crippen LogP contribution >= 0.6 is 27.5 Å². The van der Waals surface area contributed by atoms with Crippen LogP contribution in [0.4, 0.5) is 5.69 Å². The van der Waals surface area contributed by atoms with Crippen molar-refractivity contribution in [3.8, 4) is 5.75 Å². The van der Waals surface area contributed by atoms with Crippen molar-refractivity contribution in [1.82, 2.24) is 0 Å². The summed E-state index contributed by atoms with van der Waals surface area (Å²) in [4.78, 5) is 10.1. The molecule has 0 amide bonds. The monoisotopic (exact) mass is 279 g/mol. The molecule has 0 aromatic heterocycles. The summed E-state index contributed by atoms with van der Waals surface area (Å²) < 4.78 is 5.58. The van der Waals surface area contributed by atoms with Crippen LogP contribution in [0.3, 0.4) is 0 Å². The van der Waals surface area contributed by atoms with E-state index in [0.29, 0.717) is 10.0 Å². The minimum atomic E-state index is -0.499. The predicted molar refractivity (Wildman–Crippen MR) is 56.9 cm³/mol. The molecule has 0 bridgehead atoms. The molecule has 1 aromatic rings. The zero-order valence-electron chi connectivity index (χ0n) is 7.29. The van der Waals surface area contributed by atoms with E-state index in [2.05, 4.69) is 15.9 Å². The van der Waals surface area contributed by atoms with Gasteiger partial charge in [-0.2, -0.15) is 0 Å². The molecule has 14 heavy (non-hydrogen) atoms. The molecule has 4 nitrogen and oxygen atoms in total. The van der Waals surface area contributed by atoms with Gasteiger partial charge in [0, 0.05) is 22.5 Å². The molecule has 0 spiro atoms. The van der Waals surface area contributed by atoms with Crippen LogP contribution in [0, 0.1) is 10.1 Å². The maximum Gasteiger partial charge on any atom is 0.311 e. The SMILES string of the molecule is COc1cc(Br)c(CCl)cc1[N+](=O)[O-]. The Labute approximate surface area is 94.1 Å². The van der Waals surface area contributed by atoms with Gasteiger partial charge >= 0.3 is 5.69 Å². The average molecular weight is 281 g/mol. The van der Waals surface area contributed by atoms with E-state index in [-0.39, 0.29) is 17.3 Å². The van der Waals surface area contributed by atoms with Gasteiger partial charge in [0.25, 0.3) is 0 Å². The third-order valence-corrected chi connectivity index (χ3v) is 2.71. The van der Waals surface area contributed by atoms with Gasteiger partial charge in [0.1, 0.15) is 0 Å². The normalized spacial score (nSPS) is 9.93. The largest absolute Gasteiger partial charge is 0.490 e. The van der Waals surface area contributed by atoms with Crippen molar-refractivity contribution in [3.63, 3.8) is 0 Å². The minimum absolute atomic E-state index is 0.0775. The third kappa shape index (κ3) is 2.16. The Bertz CT molecular complexity index is 370. The van der Waals surface area contributed by atoms with Gasteiger partial charge in [-0.15, -0.1) is 11.6 Å². The van der Waals surface area contributed by atoms with Gasteiger partial charge < -0.3 is 4.74 Å². The Balaban J connectivity index is 3.32. The molecule has 0 saturated carbocycles. The number of nitrogens with zero attached hydrogens (tertiary/aromatic N) is 1. The second-order valence-electron chi connectivity index (χ2n) is 2.51. The van der Waals surface area contributed by atoms with E-state index in [1.54, 1.807) is 0 Å². The van der Waals surface area contributed by atoms with Crippen LogP contribution in [-0.4, -0.2) is 12.0 Å². The first-order valence-corrected chi connectivity index (χ1v) is 4.99. The van der Waals surface area contributed by atoms with Crippen molar-refractivity contribution >= 4 is 33.2 Å². The number of rotatable bonds is 3. The summed E-state index contributed by atoms with van der Waals surface area (Å²) in [6.45, 7) is 0. The lowest BCUT2D eigenvalue weighted by Crippen LogP contribution is -1.95. The quantitative estimate of drug-likeness (QED) is 0.485. The summed E-state index contributed by atoms with van der Waals surface area (Å²) in [7, 11) is 1.38. The molecule has 0 aliphatic carbocycles. The molecular weight excluding hydrogens is 273 g/mol. The average Bonchev–Trinajstić information content (AvgIpc) is 2.16. The lowest BCUT2D eigenvalue weighted by atomic mass is 10.2. The van der Waals surface area contributed by atoms with E-state index in [9.17, 15) is 10.1 Å². The minimum Gasteiger partial charge on any atom is -0.490 e. The third-order valence-electron chi connectivity index (χ3n) is 1.69. The molecular formula is C8H7BrClNO3. The Kier molecular flexibility index (Phi) is 3.71. The van der Waals surface area contributed by atoms with Crippen molar-refractivity contribution in [3.05, 3.63) is 32.3 Å². The highest BCUT2D eigenvalue weighted by Gasteiger charge is 2.17. The molecule has 6 heteroatoms. The molecule has 0 radical (unpaired) electrons. The van der Waals surface area contributed by atoms with Crippen LogP contribution in [-0.2, 0) is 5.88 Å². The molecule has 0 saturated heterocycles. The highest BCUT2D eigenvalue weighted by atomic mass is 79.9. The molecule has 0 aliphatic rings. The number of hydrogen-bond acceptors (Lipinski definition) is 3. The van der Waals surface area contributed by atoms with Gasteiger partial charge in [0.05, 0.1) is 12.0 Å².